The Morgan fingerprint density at radius 2 is 1.71 bits per heavy atom. The number of carbonyl (C=O) groups excluding carboxylic acids is 1. The van der Waals surface area contributed by atoms with E-state index < -0.39 is 5.60 Å². The Balaban J connectivity index is 1.72. The van der Waals surface area contributed by atoms with Gasteiger partial charge in [-0.2, -0.15) is 0 Å². The third kappa shape index (κ3) is 2.37. The van der Waals surface area contributed by atoms with E-state index in [0.29, 0.717) is 22.1 Å². The number of hydrogen-bond donors (Lipinski definition) is 2. The predicted octanol–water partition coefficient (Wildman–Crippen LogP) is 4.71. The van der Waals surface area contributed by atoms with Crippen molar-refractivity contribution in [1.29, 1.82) is 0 Å². The number of hydrogen-bond acceptors (Lipinski definition) is 2. The summed E-state index contributed by atoms with van der Waals surface area (Å²) in [7, 11) is 0. The van der Waals surface area contributed by atoms with Gasteiger partial charge in [-0.3, -0.25) is 4.79 Å². The van der Waals surface area contributed by atoms with Gasteiger partial charge in [0, 0.05) is 32.7 Å². The SMILES string of the molecule is O=C1N(Cc2ccccc2)c2cccc(Br)c2C1(O)c1c[nH]c2ccccc12. The maximum absolute atomic E-state index is 13.6. The molecule has 0 spiro atoms. The molecule has 2 heterocycles. The highest BCUT2D eigenvalue weighted by Gasteiger charge is 2.53. The van der Waals surface area contributed by atoms with E-state index >= 15 is 0 Å². The van der Waals surface area contributed by atoms with E-state index in [1.54, 1.807) is 11.1 Å². The Kier molecular flexibility index (Phi) is 3.89. The molecule has 1 aliphatic heterocycles. The molecule has 3 aromatic carbocycles. The summed E-state index contributed by atoms with van der Waals surface area (Å²) in [5.41, 5.74) is 2.00. The molecule has 0 saturated carbocycles. The lowest BCUT2D eigenvalue weighted by Crippen LogP contribution is -2.40. The van der Waals surface area contributed by atoms with Crippen LogP contribution in [0, 0.1) is 0 Å². The van der Waals surface area contributed by atoms with Crippen LogP contribution in [0.2, 0.25) is 0 Å². The van der Waals surface area contributed by atoms with Crippen LogP contribution in [0.4, 0.5) is 5.69 Å². The lowest BCUT2D eigenvalue weighted by molar-refractivity contribution is -0.132. The molecule has 5 heteroatoms. The first-order chi connectivity index (χ1) is 13.6. The quantitative estimate of drug-likeness (QED) is 0.492. The van der Waals surface area contributed by atoms with Gasteiger partial charge in [-0.05, 0) is 23.8 Å². The van der Waals surface area contributed by atoms with Gasteiger partial charge in [0.05, 0.1) is 12.2 Å². The van der Waals surface area contributed by atoms with E-state index in [4.69, 9.17) is 0 Å². The first-order valence-corrected chi connectivity index (χ1v) is 9.84. The molecule has 1 aromatic heterocycles. The number of para-hydroxylation sites is 1. The lowest BCUT2D eigenvalue weighted by atomic mass is 9.87. The Morgan fingerprint density at radius 3 is 2.54 bits per heavy atom. The average Bonchev–Trinajstić information content (AvgIpc) is 3.24. The number of halogens is 1. The zero-order chi connectivity index (χ0) is 19.3. The van der Waals surface area contributed by atoms with Crippen molar-refractivity contribution in [2.45, 2.75) is 12.1 Å². The van der Waals surface area contributed by atoms with Crippen LogP contribution in [-0.4, -0.2) is 16.0 Å². The number of aromatic nitrogens is 1. The van der Waals surface area contributed by atoms with Gasteiger partial charge in [-0.25, -0.2) is 0 Å². The van der Waals surface area contributed by atoms with Crippen molar-refractivity contribution >= 4 is 38.4 Å². The smallest absolute Gasteiger partial charge is 0.268 e. The first-order valence-electron chi connectivity index (χ1n) is 9.04. The predicted molar refractivity (Wildman–Crippen MR) is 113 cm³/mol. The summed E-state index contributed by atoms with van der Waals surface area (Å²) in [5.74, 6) is -0.344. The molecule has 0 aliphatic carbocycles. The van der Waals surface area contributed by atoms with Crippen LogP contribution in [0.25, 0.3) is 10.9 Å². The number of nitrogens with zero attached hydrogens (tertiary/aromatic N) is 1. The third-order valence-electron chi connectivity index (χ3n) is 5.36. The second-order valence-corrected chi connectivity index (χ2v) is 7.82. The molecular formula is C23H17BrN2O2. The number of benzene rings is 3. The number of carbonyl (C=O) groups is 1. The van der Waals surface area contributed by atoms with Crippen molar-refractivity contribution in [2.75, 3.05) is 4.90 Å². The van der Waals surface area contributed by atoms with Crippen molar-refractivity contribution in [3.05, 3.63) is 100 Å². The Hall–Kier alpha value is -2.89. The summed E-state index contributed by atoms with van der Waals surface area (Å²) in [6.07, 6.45) is 1.73. The molecule has 1 amide bonds. The molecule has 5 rings (SSSR count). The molecule has 0 fully saturated rings. The lowest BCUT2D eigenvalue weighted by Gasteiger charge is -2.23. The fourth-order valence-corrected chi connectivity index (χ4v) is 4.69. The van der Waals surface area contributed by atoms with Crippen LogP contribution in [-0.2, 0) is 16.9 Å². The van der Waals surface area contributed by atoms with Gasteiger partial charge >= 0.3 is 0 Å². The van der Waals surface area contributed by atoms with Gasteiger partial charge in [-0.15, -0.1) is 0 Å². The number of aliphatic hydroxyl groups is 1. The molecule has 2 N–H and O–H groups in total. The second-order valence-electron chi connectivity index (χ2n) is 6.97. The Morgan fingerprint density at radius 1 is 0.964 bits per heavy atom. The molecular weight excluding hydrogens is 416 g/mol. The van der Waals surface area contributed by atoms with Gasteiger partial charge in [0.25, 0.3) is 5.91 Å². The number of nitrogens with one attached hydrogen (secondary N) is 1. The van der Waals surface area contributed by atoms with Crippen molar-refractivity contribution in [1.82, 2.24) is 4.98 Å². The minimum absolute atomic E-state index is 0.344. The molecule has 0 saturated heterocycles. The number of H-pyrrole nitrogens is 1. The van der Waals surface area contributed by atoms with E-state index in [0.717, 1.165) is 22.2 Å². The van der Waals surface area contributed by atoms with Crippen LogP contribution in [0.3, 0.4) is 0 Å². The number of fused-ring (bicyclic) bond motifs is 2. The molecule has 0 bridgehead atoms. The zero-order valence-corrected chi connectivity index (χ0v) is 16.5. The van der Waals surface area contributed by atoms with Gasteiger partial charge in [0.1, 0.15) is 0 Å². The Labute approximate surface area is 170 Å². The van der Waals surface area contributed by atoms with E-state index in [9.17, 15) is 9.90 Å². The number of anilines is 1. The number of rotatable bonds is 3. The summed E-state index contributed by atoms with van der Waals surface area (Å²) in [4.78, 5) is 18.5. The molecule has 28 heavy (non-hydrogen) atoms. The molecule has 4 nitrogen and oxygen atoms in total. The monoisotopic (exact) mass is 432 g/mol. The molecule has 1 unspecified atom stereocenters. The summed E-state index contributed by atoms with van der Waals surface area (Å²) in [5, 5.41) is 12.7. The summed E-state index contributed by atoms with van der Waals surface area (Å²) in [6.45, 7) is 0.397. The standard InChI is InChI=1S/C23H17BrN2O2/c24-18-10-6-12-20-21(18)23(28,17-13-25-19-11-5-4-9-16(17)19)22(27)26(20)14-15-7-2-1-3-8-15/h1-13,25,28H,14H2. The van der Waals surface area contributed by atoms with Crippen LogP contribution in [0.5, 0.6) is 0 Å². The zero-order valence-electron chi connectivity index (χ0n) is 14.9. The van der Waals surface area contributed by atoms with Crippen LogP contribution in [0.15, 0.2) is 83.5 Å². The average molecular weight is 433 g/mol. The molecule has 1 atom stereocenters. The summed E-state index contributed by atoms with van der Waals surface area (Å²) in [6, 6.07) is 23.1. The van der Waals surface area contributed by atoms with Gasteiger partial charge in [0.15, 0.2) is 5.60 Å². The number of amides is 1. The van der Waals surface area contributed by atoms with Crippen molar-refractivity contribution in [3.8, 4) is 0 Å². The van der Waals surface area contributed by atoms with E-state index in [1.807, 2.05) is 72.8 Å². The summed E-state index contributed by atoms with van der Waals surface area (Å²) >= 11 is 3.56. The highest BCUT2D eigenvalue weighted by Crippen LogP contribution is 2.49. The topological polar surface area (TPSA) is 56.3 Å². The first kappa shape index (κ1) is 17.2. The molecule has 4 aromatic rings. The van der Waals surface area contributed by atoms with Gasteiger partial charge < -0.3 is 15.0 Å². The highest BCUT2D eigenvalue weighted by atomic mass is 79.9. The molecule has 138 valence electrons. The van der Waals surface area contributed by atoms with Crippen molar-refractivity contribution < 1.29 is 9.90 Å². The van der Waals surface area contributed by atoms with Gasteiger partial charge in [-0.1, -0.05) is 70.5 Å². The third-order valence-corrected chi connectivity index (χ3v) is 6.02. The maximum atomic E-state index is 13.6. The second kappa shape index (κ2) is 6.33. The number of aromatic amines is 1. The largest absolute Gasteiger partial charge is 0.372 e. The fraction of sp³-hybridized carbons (Fsp3) is 0.0870. The van der Waals surface area contributed by atoms with Crippen molar-refractivity contribution in [2.24, 2.45) is 0 Å². The van der Waals surface area contributed by atoms with Crippen LogP contribution >= 0.6 is 15.9 Å². The fourth-order valence-electron chi connectivity index (χ4n) is 4.05. The molecule has 0 radical (unpaired) electrons. The van der Waals surface area contributed by atoms with Gasteiger partial charge in [0.2, 0.25) is 0 Å². The van der Waals surface area contributed by atoms with E-state index in [2.05, 4.69) is 20.9 Å². The van der Waals surface area contributed by atoms with E-state index in [-0.39, 0.29) is 5.91 Å². The normalized spacial score (nSPS) is 18.6. The summed E-state index contributed by atoms with van der Waals surface area (Å²) < 4.78 is 0.710. The highest BCUT2D eigenvalue weighted by molar-refractivity contribution is 9.10. The Bertz CT molecular complexity index is 1200. The van der Waals surface area contributed by atoms with Crippen LogP contribution < -0.4 is 4.90 Å². The molecule has 1 aliphatic rings. The van der Waals surface area contributed by atoms with Crippen LogP contribution in [0.1, 0.15) is 16.7 Å². The van der Waals surface area contributed by atoms with E-state index in [1.165, 1.54) is 0 Å². The minimum atomic E-state index is -1.76. The minimum Gasteiger partial charge on any atom is -0.372 e. The van der Waals surface area contributed by atoms with Crippen molar-refractivity contribution in [3.63, 3.8) is 0 Å². The maximum Gasteiger partial charge on any atom is 0.268 e.